The van der Waals surface area contributed by atoms with Gasteiger partial charge in [-0.2, -0.15) is 4.72 Å². The number of hydrogen-bond donors (Lipinski definition) is 3. The molecule has 0 saturated carbocycles. The van der Waals surface area contributed by atoms with Crippen LogP contribution >= 0.6 is 0 Å². The quantitative estimate of drug-likeness (QED) is 0.376. The number of ether oxygens (including phenoxy) is 1. The lowest BCUT2D eigenvalue weighted by Gasteiger charge is -2.19. The maximum Gasteiger partial charge on any atom is 0.244 e. The minimum absolute atomic E-state index is 0.000859. The summed E-state index contributed by atoms with van der Waals surface area (Å²) in [6, 6.07) is 19.1. The Kier molecular flexibility index (Phi) is 8.93. The third-order valence-corrected chi connectivity index (χ3v) is 6.40. The van der Waals surface area contributed by atoms with Crippen LogP contribution in [-0.4, -0.2) is 39.4 Å². The van der Waals surface area contributed by atoms with E-state index in [1.807, 2.05) is 6.92 Å². The second-order valence-corrected chi connectivity index (χ2v) is 9.20. The maximum atomic E-state index is 14.1. The first kappa shape index (κ1) is 25.9. The van der Waals surface area contributed by atoms with Crippen LogP contribution in [-0.2, 0) is 26.0 Å². The van der Waals surface area contributed by atoms with Crippen LogP contribution in [0.1, 0.15) is 12.5 Å². The largest absolute Gasteiger partial charge is 0.494 e. The summed E-state index contributed by atoms with van der Waals surface area (Å²) in [4.78, 5) is 24.6. The van der Waals surface area contributed by atoms with Crippen molar-refractivity contribution in [1.29, 1.82) is 0 Å². The predicted octanol–water partition coefficient (Wildman–Crippen LogP) is 2.87. The third-order valence-electron chi connectivity index (χ3n) is 4.89. The number of hydrogen-bond acceptors (Lipinski definition) is 5. The highest BCUT2D eigenvalue weighted by Crippen LogP contribution is 2.16. The van der Waals surface area contributed by atoms with E-state index in [1.54, 1.807) is 54.6 Å². The molecule has 8 nitrogen and oxygen atoms in total. The maximum absolute atomic E-state index is 14.1. The van der Waals surface area contributed by atoms with Crippen LogP contribution in [0.3, 0.4) is 0 Å². The number of benzene rings is 3. The molecule has 3 aromatic rings. The average molecular weight is 500 g/mol. The molecule has 35 heavy (non-hydrogen) atoms. The van der Waals surface area contributed by atoms with Gasteiger partial charge in [-0.05, 0) is 55.3 Å². The smallest absolute Gasteiger partial charge is 0.244 e. The molecule has 0 saturated heterocycles. The molecule has 0 aliphatic carbocycles. The van der Waals surface area contributed by atoms with Crippen molar-refractivity contribution in [2.75, 3.05) is 18.5 Å². The molecule has 0 aromatic heterocycles. The molecule has 0 bridgehead atoms. The topological polar surface area (TPSA) is 114 Å². The van der Waals surface area contributed by atoms with E-state index < -0.39 is 45.1 Å². The summed E-state index contributed by atoms with van der Waals surface area (Å²) in [6.07, 6.45) is 0.000859. The van der Waals surface area contributed by atoms with Gasteiger partial charge in [-0.3, -0.25) is 9.59 Å². The lowest BCUT2D eigenvalue weighted by atomic mass is 10.1. The molecule has 3 aromatic carbocycles. The molecular formula is C25H26FN3O5S. The van der Waals surface area contributed by atoms with Crippen molar-refractivity contribution in [3.63, 3.8) is 0 Å². The van der Waals surface area contributed by atoms with Crippen molar-refractivity contribution >= 4 is 27.5 Å². The van der Waals surface area contributed by atoms with Crippen LogP contribution in [0, 0.1) is 5.82 Å². The normalized spacial score (nSPS) is 11.9. The first-order valence-electron chi connectivity index (χ1n) is 10.9. The molecule has 2 amide bonds. The fraction of sp³-hybridized carbons (Fsp3) is 0.200. The second-order valence-electron chi connectivity index (χ2n) is 7.52. The fourth-order valence-corrected chi connectivity index (χ4v) is 4.52. The van der Waals surface area contributed by atoms with Crippen LogP contribution < -0.4 is 20.1 Å². The standard InChI is InChI=1S/C25H26FN3O5S/c1-2-34-20-14-12-19(13-15-20)28-24(30)17-27-25(31)22(16-18-8-4-3-5-9-18)29-35(32,33)23-11-7-6-10-21(23)26/h3-15,22,29H,2,16-17H2,1H3,(H,27,31)(H,28,30)/t22-/m0/s1. The Hall–Kier alpha value is -3.76. The zero-order valence-corrected chi connectivity index (χ0v) is 19.8. The molecule has 3 rings (SSSR count). The molecule has 0 fully saturated rings. The van der Waals surface area contributed by atoms with Gasteiger partial charge in [0.2, 0.25) is 21.8 Å². The Bertz CT molecular complexity index is 1250. The molecule has 10 heteroatoms. The van der Waals surface area contributed by atoms with Crippen molar-refractivity contribution in [1.82, 2.24) is 10.0 Å². The van der Waals surface area contributed by atoms with Crippen LogP contribution in [0.5, 0.6) is 5.75 Å². The number of rotatable bonds is 11. The molecular weight excluding hydrogens is 473 g/mol. The van der Waals surface area contributed by atoms with Gasteiger partial charge in [0.05, 0.1) is 13.2 Å². The van der Waals surface area contributed by atoms with Gasteiger partial charge in [0.15, 0.2) is 0 Å². The molecule has 0 spiro atoms. The molecule has 184 valence electrons. The summed E-state index contributed by atoms with van der Waals surface area (Å²) in [7, 11) is -4.35. The van der Waals surface area contributed by atoms with Crippen molar-refractivity contribution in [2.24, 2.45) is 0 Å². The molecule has 0 radical (unpaired) electrons. The van der Waals surface area contributed by atoms with E-state index >= 15 is 0 Å². The van der Waals surface area contributed by atoms with Gasteiger partial charge in [-0.25, -0.2) is 12.8 Å². The summed E-state index contributed by atoms with van der Waals surface area (Å²) in [5.74, 6) is -1.51. The van der Waals surface area contributed by atoms with Gasteiger partial charge in [0.1, 0.15) is 22.5 Å². The van der Waals surface area contributed by atoms with Crippen LogP contribution in [0.15, 0.2) is 83.8 Å². The van der Waals surface area contributed by atoms with Crippen molar-refractivity contribution in [2.45, 2.75) is 24.3 Å². The summed E-state index contributed by atoms with van der Waals surface area (Å²) >= 11 is 0. The van der Waals surface area contributed by atoms with Gasteiger partial charge in [0.25, 0.3) is 0 Å². The van der Waals surface area contributed by atoms with E-state index in [2.05, 4.69) is 15.4 Å². The molecule has 0 unspecified atom stereocenters. The Morgan fingerprint density at radius 3 is 2.26 bits per heavy atom. The van der Waals surface area contributed by atoms with E-state index in [-0.39, 0.29) is 6.42 Å². The molecule has 0 heterocycles. The van der Waals surface area contributed by atoms with E-state index in [1.165, 1.54) is 12.1 Å². The van der Waals surface area contributed by atoms with Crippen LogP contribution in [0.4, 0.5) is 10.1 Å². The number of amides is 2. The zero-order valence-electron chi connectivity index (χ0n) is 19.0. The Morgan fingerprint density at radius 2 is 1.60 bits per heavy atom. The van der Waals surface area contributed by atoms with Gasteiger partial charge in [-0.1, -0.05) is 42.5 Å². The van der Waals surface area contributed by atoms with Crippen molar-refractivity contribution < 1.29 is 27.1 Å². The fourth-order valence-electron chi connectivity index (χ4n) is 3.25. The van der Waals surface area contributed by atoms with Gasteiger partial charge in [-0.15, -0.1) is 0 Å². The average Bonchev–Trinajstić information content (AvgIpc) is 2.84. The van der Waals surface area contributed by atoms with Crippen molar-refractivity contribution in [3.8, 4) is 5.75 Å². The molecule has 3 N–H and O–H groups in total. The summed E-state index contributed by atoms with van der Waals surface area (Å²) < 4.78 is 47.3. The zero-order chi connectivity index (χ0) is 25.3. The highest BCUT2D eigenvalue weighted by Gasteiger charge is 2.28. The Morgan fingerprint density at radius 1 is 0.943 bits per heavy atom. The monoisotopic (exact) mass is 499 g/mol. The number of anilines is 1. The SMILES string of the molecule is CCOc1ccc(NC(=O)CNC(=O)[C@H](Cc2ccccc2)NS(=O)(=O)c2ccccc2F)cc1. The van der Waals surface area contributed by atoms with E-state index in [0.717, 1.165) is 12.1 Å². The number of nitrogens with one attached hydrogen (secondary N) is 3. The van der Waals surface area contributed by atoms with E-state index in [4.69, 9.17) is 4.74 Å². The van der Waals surface area contributed by atoms with Gasteiger partial charge in [0, 0.05) is 5.69 Å². The highest BCUT2D eigenvalue weighted by molar-refractivity contribution is 7.89. The first-order valence-corrected chi connectivity index (χ1v) is 12.4. The van der Waals surface area contributed by atoms with E-state index in [0.29, 0.717) is 23.6 Å². The minimum Gasteiger partial charge on any atom is -0.494 e. The third kappa shape index (κ3) is 7.62. The number of carbonyl (C=O) groups excluding carboxylic acids is 2. The number of sulfonamides is 1. The lowest BCUT2D eigenvalue weighted by Crippen LogP contribution is -2.49. The van der Waals surface area contributed by atoms with Gasteiger partial charge >= 0.3 is 0 Å². The molecule has 1 atom stereocenters. The summed E-state index contributed by atoms with van der Waals surface area (Å²) in [5.41, 5.74) is 1.19. The number of halogens is 1. The highest BCUT2D eigenvalue weighted by atomic mass is 32.2. The second kappa shape index (κ2) is 12.1. The molecule has 0 aliphatic heterocycles. The van der Waals surface area contributed by atoms with Crippen LogP contribution in [0.2, 0.25) is 0 Å². The minimum atomic E-state index is -4.35. The van der Waals surface area contributed by atoms with E-state index in [9.17, 15) is 22.4 Å². The number of carbonyl (C=O) groups is 2. The Labute approximate surface area is 203 Å². The lowest BCUT2D eigenvalue weighted by molar-refractivity contribution is -0.125. The molecule has 0 aliphatic rings. The summed E-state index contributed by atoms with van der Waals surface area (Å²) in [6.45, 7) is 1.99. The Balaban J connectivity index is 1.68. The van der Waals surface area contributed by atoms with Crippen LogP contribution in [0.25, 0.3) is 0 Å². The predicted molar refractivity (Wildman–Crippen MR) is 130 cm³/mol. The first-order chi connectivity index (χ1) is 16.8. The van der Waals surface area contributed by atoms with Gasteiger partial charge < -0.3 is 15.4 Å². The van der Waals surface area contributed by atoms with Crippen molar-refractivity contribution in [3.05, 3.63) is 90.2 Å². The summed E-state index contributed by atoms with van der Waals surface area (Å²) in [5, 5.41) is 5.09.